The molecule has 0 amide bonds. The van der Waals surface area contributed by atoms with Crippen LogP contribution in [0, 0.1) is 0 Å². The lowest BCUT2D eigenvalue weighted by molar-refractivity contribution is -0.137. The van der Waals surface area contributed by atoms with Gasteiger partial charge in [-0.2, -0.15) is 0 Å². The monoisotopic (exact) mass is 193 g/mol. The molecule has 0 saturated carbocycles. The zero-order valence-electron chi connectivity index (χ0n) is 7.15. The Labute approximate surface area is 72.4 Å². The summed E-state index contributed by atoms with van der Waals surface area (Å²) in [7, 11) is -1.09. The molecule has 0 spiro atoms. The van der Waals surface area contributed by atoms with Gasteiger partial charge < -0.3 is 14.2 Å². The van der Waals surface area contributed by atoms with E-state index in [0.717, 1.165) is 12.8 Å². The van der Waals surface area contributed by atoms with E-state index in [9.17, 15) is 9.69 Å². The highest BCUT2D eigenvalue weighted by molar-refractivity contribution is 7.66. The zero-order valence-corrected chi connectivity index (χ0v) is 8.05. The maximum absolute atomic E-state index is 10.9. The van der Waals surface area contributed by atoms with E-state index in [2.05, 4.69) is 4.74 Å². The Kier molecular flexibility index (Phi) is 3.44. The van der Waals surface area contributed by atoms with Crippen LogP contribution in [0.1, 0.15) is 12.8 Å². The van der Waals surface area contributed by atoms with Crippen LogP contribution in [0.25, 0.3) is 0 Å². The van der Waals surface area contributed by atoms with Crippen LogP contribution in [0.15, 0.2) is 0 Å². The highest BCUT2D eigenvalue weighted by atomic mass is 31.2. The molecule has 1 rings (SSSR count). The molecule has 0 aliphatic carbocycles. The van der Waals surface area contributed by atoms with Gasteiger partial charge in [0.2, 0.25) is 0 Å². The Bertz CT molecular complexity index is 165. The molecule has 1 fully saturated rings. The highest BCUT2D eigenvalue weighted by Gasteiger charge is 2.31. The highest BCUT2D eigenvalue weighted by Crippen LogP contribution is 2.58. The minimum absolute atomic E-state index is 0.0451. The SMILES string of the molecule is COC(=O)C[P]1(O)CCCCO1. The fourth-order valence-corrected chi connectivity index (χ4v) is 3.25. The fraction of sp³-hybridized carbons (Fsp3) is 0.857. The molecule has 0 aromatic rings. The number of esters is 1. The lowest BCUT2D eigenvalue weighted by atomic mass is 10.4. The largest absolute Gasteiger partial charge is 0.469 e. The lowest BCUT2D eigenvalue weighted by Crippen LogP contribution is -2.19. The molecular formula is C7H14O4P. The van der Waals surface area contributed by atoms with E-state index >= 15 is 0 Å². The first kappa shape index (κ1) is 9.90. The average Bonchev–Trinajstić information content (AvgIpc) is 2.05. The van der Waals surface area contributed by atoms with Crippen LogP contribution in [0.4, 0.5) is 0 Å². The van der Waals surface area contributed by atoms with Gasteiger partial charge in [-0.1, -0.05) is 0 Å². The number of rotatable bonds is 2. The number of carbonyl (C=O) groups excluding carboxylic acids is 1. The summed E-state index contributed by atoms with van der Waals surface area (Å²) in [5, 5.41) is 0. The predicted molar refractivity (Wildman–Crippen MR) is 46.1 cm³/mol. The predicted octanol–water partition coefficient (Wildman–Crippen LogP) is 0.810. The molecule has 71 valence electrons. The summed E-state index contributed by atoms with van der Waals surface area (Å²) in [6, 6.07) is 0. The van der Waals surface area contributed by atoms with Gasteiger partial charge in [-0.15, -0.1) is 0 Å². The third-order valence-corrected chi connectivity index (χ3v) is 4.27. The van der Waals surface area contributed by atoms with E-state index in [0.29, 0.717) is 12.8 Å². The number of hydrogen-bond acceptors (Lipinski definition) is 4. The van der Waals surface area contributed by atoms with Gasteiger partial charge in [-0.25, -0.2) is 0 Å². The van der Waals surface area contributed by atoms with Gasteiger partial charge in [-0.3, -0.25) is 4.79 Å². The lowest BCUT2D eigenvalue weighted by Gasteiger charge is -2.32. The van der Waals surface area contributed by atoms with E-state index in [-0.39, 0.29) is 12.1 Å². The molecule has 1 N–H and O–H groups in total. The van der Waals surface area contributed by atoms with Gasteiger partial charge in [0.15, 0.2) is 0 Å². The molecule has 1 heterocycles. The molecular weight excluding hydrogens is 179 g/mol. The van der Waals surface area contributed by atoms with Crippen molar-refractivity contribution in [3.05, 3.63) is 0 Å². The third kappa shape index (κ3) is 2.70. The van der Waals surface area contributed by atoms with Crippen molar-refractivity contribution in [2.45, 2.75) is 12.8 Å². The summed E-state index contributed by atoms with van der Waals surface area (Å²) >= 11 is 0. The second kappa shape index (κ2) is 4.17. The van der Waals surface area contributed by atoms with Crippen molar-refractivity contribution in [2.24, 2.45) is 0 Å². The van der Waals surface area contributed by atoms with Gasteiger partial charge in [-0.05, 0) is 12.8 Å². The molecule has 1 atom stereocenters. The van der Waals surface area contributed by atoms with Gasteiger partial charge >= 0.3 is 5.97 Å². The molecule has 5 heteroatoms. The first-order chi connectivity index (χ1) is 5.66. The molecule has 0 bridgehead atoms. The van der Waals surface area contributed by atoms with Crippen LogP contribution in [-0.2, 0) is 14.1 Å². The topological polar surface area (TPSA) is 55.8 Å². The van der Waals surface area contributed by atoms with Crippen molar-refractivity contribution >= 4 is 13.7 Å². The molecule has 1 aliphatic heterocycles. The maximum Gasteiger partial charge on any atom is 0.314 e. The molecule has 0 aromatic heterocycles. The average molecular weight is 193 g/mol. The molecule has 1 radical (unpaired) electrons. The normalized spacial score (nSPS) is 29.8. The Balaban J connectivity index is 2.41. The van der Waals surface area contributed by atoms with Gasteiger partial charge in [0.05, 0.1) is 13.7 Å². The Morgan fingerprint density at radius 1 is 1.67 bits per heavy atom. The van der Waals surface area contributed by atoms with Crippen LogP contribution in [0.5, 0.6) is 0 Å². The summed E-state index contributed by atoms with van der Waals surface area (Å²) in [5.41, 5.74) is 0. The second-order valence-corrected chi connectivity index (χ2v) is 5.56. The molecule has 12 heavy (non-hydrogen) atoms. The van der Waals surface area contributed by atoms with Crippen LogP contribution < -0.4 is 0 Å². The van der Waals surface area contributed by atoms with Crippen molar-refractivity contribution in [1.82, 2.24) is 0 Å². The number of carbonyl (C=O) groups is 1. The summed E-state index contributed by atoms with van der Waals surface area (Å²) < 4.78 is 9.67. The van der Waals surface area contributed by atoms with Crippen molar-refractivity contribution in [1.29, 1.82) is 0 Å². The van der Waals surface area contributed by atoms with Crippen LogP contribution in [0.2, 0.25) is 0 Å². The third-order valence-electron chi connectivity index (χ3n) is 1.84. The molecule has 1 saturated heterocycles. The van der Waals surface area contributed by atoms with Crippen molar-refractivity contribution in [3.8, 4) is 0 Å². The molecule has 1 aliphatic rings. The van der Waals surface area contributed by atoms with E-state index in [4.69, 9.17) is 4.52 Å². The van der Waals surface area contributed by atoms with Crippen LogP contribution in [0.3, 0.4) is 0 Å². The molecule has 4 nitrogen and oxygen atoms in total. The summed E-state index contributed by atoms with van der Waals surface area (Å²) in [4.78, 5) is 20.6. The minimum Gasteiger partial charge on any atom is -0.469 e. The first-order valence-electron chi connectivity index (χ1n) is 3.97. The molecule has 0 aromatic carbocycles. The first-order valence-corrected chi connectivity index (χ1v) is 6.00. The van der Waals surface area contributed by atoms with Crippen LogP contribution in [-0.4, -0.2) is 36.9 Å². The summed E-state index contributed by atoms with van der Waals surface area (Å²) in [5.74, 6) is -0.382. The quantitative estimate of drug-likeness (QED) is 0.520. The Morgan fingerprint density at radius 3 is 2.92 bits per heavy atom. The smallest absolute Gasteiger partial charge is 0.314 e. The number of methoxy groups -OCH3 is 1. The van der Waals surface area contributed by atoms with E-state index in [1.807, 2.05) is 0 Å². The van der Waals surface area contributed by atoms with Crippen molar-refractivity contribution in [2.75, 3.05) is 26.0 Å². The standard InChI is InChI=1S/C7H14O4P/c1-10-7(8)6-12(9)5-3-2-4-11-12/h9H,2-6H2,1H3. The van der Waals surface area contributed by atoms with Gasteiger partial charge in [0.1, 0.15) is 13.9 Å². The summed E-state index contributed by atoms with van der Waals surface area (Å²) in [6.45, 7) is 0.571. The van der Waals surface area contributed by atoms with Crippen molar-refractivity contribution in [3.63, 3.8) is 0 Å². The minimum atomic E-state index is -2.41. The van der Waals surface area contributed by atoms with E-state index < -0.39 is 7.72 Å². The Morgan fingerprint density at radius 2 is 2.42 bits per heavy atom. The molecule has 1 unspecified atom stereocenters. The van der Waals surface area contributed by atoms with Gasteiger partial charge in [0, 0.05) is 6.16 Å². The Hall–Kier alpha value is -0.180. The van der Waals surface area contributed by atoms with Crippen molar-refractivity contribution < 1.29 is 18.9 Å². The van der Waals surface area contributed by atoms with Gasteiger partial charge in [0.25, 0.3) is 0 Å². The zero-order chi connectivity index (χ0) is 9.03. The maximum atomic E-state index is 10.9. The second-order valence-electron chi connectivity index (χ2n) is 2.84. The van der Waals surface area contributed by atoms with Crippen LogP contribution >= 0.6 is 7.72 Å². The number of ether oxygens (including phenoxy) is 1. The summed E-state index contributed by atoms with van der Waals surface area (Å²) in [6.07, 6.45) is 2.59. The van der Waals surface area contributed by atoms with E-state index in [1.165, 1.54) is 7.11 Å². The van der Waals surface area contributed by atoms with E-state index in [1.54, 1.807) is 0 Å². The fourth-order valence-electron chi connectivity index (χ4n) is 1.15. The number of hydrogen-bond donors (Lipinski definition) is 1.